The van der Waals surface area contributed by atoms with Gasteiger partial charge in [0.05, 0.1) is 23.0 Å². The fourth-order valence-corrected chi connectivity index (χ4v) is 2.32. The Labute approximate surface area is 146 Å². The molecule has 0 heterocycles. The quantitative estimate of drug-likeness (QED) is 0.687. The molecule has 3 aromatic carbocycles. The van der Waals surface area contributed by atoms with Gasteiger partial charge in [-0.25, -0.2) is 0 Å². The first-order chi connectivity index (χ1) is 12.2. The lowest BCUT2D eigenvalue weighted by molar-refractivity contribution is 0.306. The molecule has 0 atom stereocenters. The summed E-state index contributed by atoms with van der Waals surface area (Å²) in [6.07, 6.45) is 0. The predicted octanol–water partition coefficient (Wildman–Crippen LogP) is 4.09. The molecule has 0 bridgehead atoms. The molecular weight excluding hydrogens is 314 g/mol. The molecule has 3 rings (SSSR count). The van der Waals surface area contributed by atoms with Crippen LogP contribution in [-0.2, 0) is 6.61 Å². The van der Waals surface area contributed by atoms with Crippen molar-refractivity contribution in [2.75, 3.05) is 11.5 Å². The molecule has 0 spiro atoms. The van der Waals surface area contributed by atoms with Crippen LogP contribution in [0.25, 0.3) is 0 Å². The van der Waals surface area contributed by atoms with Crippen LogP contribution in [0.2, 0.25) is 0 Å². The summed E-state index contributed by atoms with van der Waals surface area (Å²) in [5, 5.41) is 8.91. The van der Waals surface area contributed by atoms with Gasteiger partial charge in [-0.3, -0.25) is 0 Å². The van der Waals surface area contributed by atoms with Gasteiger partial charge in [-0.2, -0.15) is 5.26 Å². The zero-order chi connectivity index (χ0) is 17.6. The minimum atomic E-state index is 0.320. The fraction of sp³-hybridized carbons (Fsp3) is 0.0500. The van der Waals surface area contributed by atoms with Crippen LogP contribution in [0.1, 0.15) is 11.1 Å². The van der Waals surface area contributed by atoms with E-state index in [4.69, 9.17) is 26.2 Å². The van der Waals surface area contributed by atoms with Gasteiger partial charge in [0, 0.05) is 0 Å². The molecule has 3 aromatic rings. The minimum Gasteiger partial charge on any atom is -0.489 e. The van der Waals surface area contributed by atoms with Crippen molar-refractivity contribution in [1.29, 1.82) is 5.26 Å². The Hall–Kier alpha value is -3.65. The van der Waals surface area contributed by atoms with Gasteiger partial charge in [-0.15, -0.1) is 0 Å². The summed E-state index contributed by atoms with van der Waals surface area (Å²) < 4.78 is 11.5. The van der Waals surface area contributed by atoms with Crippen molar-refractivity contribution in [3.8, 4) is 23.3 Å². The number of anilines is 2. The Morgan fingerprint density at radius 2 is 1.44 bits per heavy atom. The maximum absolute atomic E-state index is 8.91. The summed E-state index contributed by atoms with van der Waals surface area (Å²) >= 11 is 0. The molecule has 5 heteroatoms. The van der Waals surface area contributed by atoms with Crippen molar-refractivity contribution in [3.63, 3.8) is 0 Å². The van der Waals surface area contributed by atoms with Gasteiger partial charge < -0.3 is 20.9 Å². The molecule has 0 aliphatic carbocycles. The molecule has 0 amide bonds. The van der Waals surface area contributed by atoms with E-state index < -0.39 is 0 Å². The first-order valence-corrected chi connectivity index (χ1v) is 7.69. The van der Waals surface area contributed by atoms with E-state index in [2.05, 4.69) is 0 Å². The third-order valence-corrected chi connectivity index (χ3v) is 3.57. The zero-order valence-electron chi connectivity index (χ0n) is 13.5. The van der Waals surface area contributed by atoms with E-state index in [1.165, 1.54) is 12.1 Å². The van der Waals surface area contributed by atoms with Crippen molar-refractivity contribution in [1.82, 2.24) is 0 Å². The van der Waals surface area contributed by atoms with E-state index in [1.807, 2.05) is 48.5 Å². The standard InChI is InChI=1S/C20H17N3O2/c21-12-15-10-18(22)20(19(23)11-15)25-17-8-6-16(7-9-17)24-13-14-4-2-1-3-5-14/h1-11H,13,22-23H2. The molecule has 0 aromatic heterocycles. The molecule has 124 valence electrons. The highest BCUT2D eigenvalue weighted by atomic mass is 16.5. The molecule has 0 saturated heterocycles. The number of nitrogen functional groups attached to an aromatic ring is 2. The normalized spacial score (nSPS) is 10.0. The van der Waals surface area contributed by atoms with Crippen molar-refractivity contribution in [2.45, 2.75) is 6.61 Å². The average molecular weight is 331 g/mol. The van der Waals surface area contributed by atoms with Gasteiger partial charge in [0.25, 0.3) is 0 Å². The maximum Gasteiger partial charge on any atom is 0.173 e. The van der Waals surface area contributed by atoms with Crippen LogP contribution in [0, 0.1) is 11.3 Å². The Morgan fingerprint density at radius 1 is 0.840 bits per heavy atom. The third kappa shape index (κ3) is 4.01. The Bertz CT molecular complexity index is 877. The predicted molar refractivity (Wildman–Crippen MR) is 97.3 cm³/mol. The second-order valence-corrected chi connectivity index (χ2v) is 5.44. The number of nitrogens with zero attached hydrogens (tertiary/aromatic N) is 1. The van der Waals surface area contributed by atoms with Crippen LogP contribution in [0.3, 0.4) is 0 Å². The monoisotopic (exact) mass is 331 g/mol. The number of hydrogen-bond donors (Lipinski definition) is 2. The topological polar surface area (TPSA) is 94.3 Å². The van der Waals surface area contributed by atoms with E-state index in [1.54, 1.807) is 12.1 Å². The molecule has 0 aliphatic rings. The largest absolute Gasteiger partial charge is 0.489 e. The highest BCUT2D eigenvalue weighted by Crippen LogP contribution is 2.35. The molecule has 0 radical (unpaired) electrons. The summed E-state index contributed by atoms with van der Waals surface area (Å²) in [5.41, 5.74) is 13.9. The van der Waals surface area contributed by atoms with Gasteiger partial charge in [-0.1, -0.05) is 30.3 Å². The van der Waals surface area contributed by atoms with Crippen LogP contribution < -0.4 is 20.9 Å². The Morgan fingerprint density at radius 3 is 2.04 bits per heavy atom. The molecule has 0 aliphatic heterocycles. The number of benzene rings is 3. The maximum atomic E-state index is 8.91. The first kappa shape index (κ1) is 16.2. The van der Waals surface area contributed by atoms with E-state index >= 15 is 0 Å². The van der Waals surface area contributed by atoms with E-state index in [0.717, 1.165) is 11.3 Å². The average Bonchev–Trinajstić information content (AvgIpc) is 2.64. The van der Waals surface area contributed by atoms with Gasteiger partial charge in [0.1, 0.15) is 18.1 Å². The van der Waals surface area contributed by atoms with Gasteiger partial charge in [0.2, 0.25) is 0 Å². The minimum absolute atomic E-state index is 0.320. The van der Waals surface area contributed by atoms with Crippen molar-refractivity contribution in [2.24, 2.45) is 0 Å². The van der Waals surface area contributed by atoms with Crippen LogP contribution in [0.15, 0.2) is 66.7 Å². The van der Waals surface area contributed by atoms with Crippen LogP contribution in [-0.4, -0.2) is 0 Å². The summed E-state index contributed by atoms with van der Waals surface area (Å²) in [6, 6.07) is 22.2. The smallest absolute Gasteiger partial charge is 0.173 e. The number of ether oxygens (including phenoxy) is 2. The fourth-order valence-electron chi connectivity index (χ4n) is 2.32. The van der Waals surface area contributed by atoms with Crippen molar-refractivity contribution < 1.29 is 9.47 Å². The van der Waals surface area contributed by atoms with Gasteiger partial charge in [0.15, 0.2) is 5.75 Å². The molecule has 5 nitrogen and oxygen atoms in total. The first-order valence-electron chi connectivity index (χ1n) is 7.69. The number of hydrogen-bond acceptors (Lipinski definition) is 5. The SMILES string of the molecule is N#Cc1cc(N)c(Oc2ccc(OCc3ccccc3)cc2)c(N)c1. The summed E-state index contributed by atoms with van der Waals surface area (Å²) in [6.45, 7) is 0.497. The van der Waals surface area contributed by atoms with Crippen molar-refractivity contribution >= 4 is 11.4 Å². The van der Waals surface area contributed by atoms with Crippen LogP contribution in [0.4, 0.5) is 11.4 Å². The summed E-state index contributed by atoms with van der Waals surface area (Å²) in [7, 11) is 0. The molecular formula is C20H17N3O2. The summed E-state index contributed by atoms with van der Waals surface area (Å²) in [5.74, 6) is 1.66. The number of rotatable bonds is 5. The molecule has 0 unspecified atom stereocenters. The van der Waals surface area contributed by atoms with E-state index in [0.29, 0.717) is 35.0 Å². The lowest BCUT2D eigenvalue weighted by atomic mass is 10.1. The molecule has 4 N–H and O–H groups in total. The van der Waals surface area contributed by atoms with Gasteiger partial charge in [-0.05, 0) is 42.0 Å². The number of nitriles is 1. The Kier molecular flexibility index (Phi) is 4.72. The highest BCUT2D eigenvalue weighted by Gasteiger charge is 2.09. The van der Waals surface area contributed by atoms with Crippen LogP contribution >= 0.6 is 0 Å². The van der Waals surface area contributed by atoms with Crippen molar-refractivity contribution in [3.05, 3.63) is 77.9 Å². The lowest BCUT2D eigenvalue weighted by Gasteiger charge is -2.12. The zero-order valence-corrected chi connectivity index (χ0v) is 13.5. The second kappa shape index (κ2) is 7.28. The highest BCUT2D eigenvalue weighted by molar-refractivity contribution is 5.71. The molecule has 0 fully saturated rings. The molecule has 0 saturated carbocycles. The van der Waals surface area contributed by atoms with Gasteiger partial charge >= 0.3 is 0 Å². The molecule has 25 heavy (non-hydrogen) atoms. The van der Waals surface area contributed by atoms with E-state index in [9.17, 15) is 0 Å². The second-order valence-electron chi connectivity index (χ2n) is 5.44. The third-order valence-electron chi connectivity index (χ3n) is 3.57. The van der Waals surface area contributed by atoms with Crippen LogP contribution in [0.5, 0.6) is 17.2 Å². The van der Waals surface area contributed by atoms with E-state index in [-0.39, 0.29) is 0 Å². The summed E-state index contributed by atoms with van der Waals surface area (Å²) in [4.78, 5) is 0. The number of nitrogens with two attached hydrogens (primary N) is 2. The lowest BCUT2D eigenvalue weighted by Crippen LogP contribution is -1.99. The Balaban J connectivity index is 1.68.